The van der Waals surface area contributed by atoms with Gasteiger partial charge in [0.05, 0.1) is 6.10 Å². The standard InChI is InChI=1S/C13H20N2O/c14-12-10-15(8-4-7-13(12)16)9-11-5-2-1-3-6-11/h1-3,5-6,12-13,16H,4,7-10,14H2/t12-,13-/m1/s1. The molecule has 3 N–H and O–H groups in total. The van der Waals surface area contributed by atoms with Gasteiger partial charge in [-0.2, -0.15) is 0 Å². The van der Waals surface area contributed by atoms with Gasteiger partial charge in [0.15, 0.2) is 0 Å². The molecule has 3 heteroatoms. The number of hydrogen-bond acceptors (Lipinski definition) is 3. The molecule has 88 valence electrons. The Morgan fingerprint density at radius 2 is 2.06 bits per heavy atom. The highest BCUT2D eigenvalue weighted by atomic mass is 16.3. The third-order valence-corrected chi connectivity index (χ3v) is 3.19. The molecule has 0 amide bonds. The van der Waals surface area contributed by atoms with Gasteiger partial charge in [0.25, 0.3) is 0 Å². The van der Waals surface area contributed by atoms with Crippen LogP contribution < -0.4 is 5.73 Å². The largest absolute Gasteiger partial charge is 0.391 e. The SMILES string of the molecule is N[C@@H]1CN(Cc2ccccc2)CCC[C@H]1O. The minimum atomic E-state index is -0.333. The molecule has 0 radical (unpaired) electrons. The quantitative estimate of drug-likeness (QED) is 0.781. The molecule has 1 aliphatic rings. The molecule has 1 aromatic rings. The van der Waals surface area contributed by atoms with Crippen molar-refractivity contribution in [3.05, 3.63) is 35.9 Å². The van der Waals surface area contributed by atoms with Crippen molar-refractivity contribution in [1.82, 2.24) is 4.90 Å². The van der Waals surface area contributed by atoms with E-state index in [1.54, 1.807) is 0 Å². The highest BCUT2D eigenvalue weighted by Gasteiger charge is 2.22. The molecule has 0 aliphatic carbocycles. The Labute approximate surface area is 96.9 Å². The van der Waals surface area contributed by atoms with Crippen LogP contribution in [0.1, 0.15) is 18.4 Å². The molecular weight excluding hydrogens is 200 g/mol. The van der Waals surface area contributed by atoms with E-state index in [-0.39, 0.29) is 12.1 Å². The van der Waals surface area contributed by atoms with Crippen molar-refractivity contribution in [3.8, 4) is 0 Å². The molecule has 1 aromatic carbocycles. The molecule has 0 bridgehead atoms. The number of nitrogens with two attached hydrogens (primary N) is 1. The maximum absolute atomic E-state index is 9.69. The summed E-state index contributed by atoms with van der Waals surface area (Å²) in [5, 5.41) is 9.69. The highest BCUT2D eigenvalue weighted by molar-refractivity contribution is 5.14. The lowest BCUT2D eigenvalue weighted by atomic mass is 10.1. The number of benzene rings is 1. The van der Waals surface area contributed by atoms with E-state index >= 15 is 0 Å². The molecule has 0 saturated carbocycles. The van der Waals surface area contributed by atoms with Gasteiger partial charge < -0.3 is 10.8 Å². The number of nitrogens with zero attached hydrogens (tertiary/aromatic N) is 1. The van der Waals surface area contributed by atoms with E-state index in [0.717, 1.165) is 32.5 Å². The van der Waals surface area contributed by atoms with Crippen molar-refractivity contribution >= 4 is 0 Å². The van der Waals surface area contributed by atoms with E-state index in [9.17, 15) is 5.11 Å². The molecule has 16 heavy (non-hydrogen) atoms. The lowest BCUT2D eigenvalue weighted by molar-refractivity contribution is 0.132. The monoisotopic (exact) mass is 220 g/mol. The van der Waals surface area contributed by atoms with Crippen molar-refractivity contribution in [2.75, 3.05) is 13.1 Å². The van der Waals surface area contributed by atoms with E-state index in [4.69, 9.17) is 5.73 Å². The fourth-order valence-corrected chi connectivity index (χ4v) is 2.23. The summed E-state index contributed by atoms with van der Waals surface area (Å²) in [6.45, 7) is 2.75. The van der Waals surface area contributed by atoms with E-state index in [1.807, 2.05) is 6.07 Å². The van der Waals surface area contributed by atoms with Crippen LogP contribution in [0.4, 0.5) is 0 Å². The number of aliphatic hydroxyl groups excluding tert-OH is 1. The summed E-state index contributed by atoms with van der Waals surface area (Å²) in [6, 6.07) is 10.3. The maximum atomic E-state index is 9.69. The van der Waals surface area contributed by atoms with Crippen LogP contribution in [0, 0.1) is 0 Å². The smallest absolute Gasteiger partial charge is 0.0704 e. The summed E-state index contributed by atoms with van der Waals surface area (Å²) in [6.07, 6.45) is 1.52. The minimum absolute atomic E-state index is 0.105. The predicted octanol–water partition coefficient (Wildman–Crippen LogP) is 0.971. The summed E-state index contributed by atoms with van der Waals surface area (Å²) in [5.74, 6) is 0. The second-order valence-corrected chi connectivity index (χ2v) is 4.59. The third kappa shape index (κ3) is 3.04. The van der Waals surface area contributed by atoms with Gasteiger partial charge in [-0.3, -0.25) is 4.90 Å². The predicted molar refractivity (Wildman–Crippen MR) is 64.9 cm³/mol. The number of aliphatic hydroxyl groups is 1. The molecule has 3 nitrogen and oxygen atoms in total. The van der Waals surface area contributed by atoms with E-state index in [2.05, 4.69) is 29.2 Å². The Morgan fingerprint density at radius 3 is 2.81 bits per heavy atom. The summed E-state index contributed by atoms with van der Waals surface area (Å²) in [5.41, 5.74) is 7.24. The van der Waals surface area contributed by atoms with Gasteiger partial charge in [0, 0.05) is 19.1 Å². The van der Waals surface area contributed by atoms with Crippen LogP contribution in [0.15, 0.2) is 30.3 Å². The zero-order valence-corrected chi connectivity index (χ0v) is 9.55. The maximum Gasteiger partial charge on any atom is 0.0704 e. The van der Waals surface area contributed by atoms with Gasteiger partial charge in [-0.25, -0.2) is 0 Å². The van der Waals surface area contributed by atoms with Gasteiger partial charge >= 0.3 is 0 Å². The Balaban J connectivity index is 1.95. The summed E-state index contributed by atoms with van der Waals surface area (Å²) in [7, 11) is 0. The van der Waals surface area contributed by atoms with Gasteiger partial charge in [-0.1, -0.05) is 30.3 Å². The molecule has 0 unspecified atom stereocenters. The zero-order valence-electron chi connectivity index (χ0n) is 9.55. The van der Waals surface area contributed by atoms with Crippen LogP contribution in [0.5, 0.6) is 0 Å². The second-order valence-electron chi connectivity index (χ2n) is 4.59. The summed E-state index contributed by atoms with van der Waals surface area (Å²) < 4.78 is 0. The Hall–Kier alpha value is -0.900. The number of likely N-dealkylation sites (tertiary alicyclic amines) is 1. The van der Waals surface area contributed by atoms with Crippen LogP contribution in [0.25, 0.3) is 0 Å². The van der Waals surface area contributed by atoms with Crippen molar-refractivity contribution in [2.45, 2.75) is 31.5 Å². The van der Waals surface area contributed by atoms with Crippen LogP contribution in [0.3, 0.4) is 0 Å². The van der Waals surface area contributed by atoms with Gasteiger partial charge in [0.2, 0.25) is 0 Å². The Bertz CT molecular complexity index is 315. The molecule has 2 atom stereocenters. The lowest BCUT2D eigenvalue weighted by Gasteiger charge is -2.23. The van der Waals surface area contributed by atoms with Gasteiger partial charge in [-0.15, -0.1) is 0 Å². The van der Waals surface area contributed by atoms with Crippen molar-refractivity contribution in [1.29, 1.82) is 0 Å². The first-order valence-electron chi connectivity index (χ1n) is 5.95. The highest BCUT2D eigenvalue weighted by Crippen LogP contribution is 2.13. The van der Waals surface area contributed by atoms with Crippen molar-refractivity contribution < 1.29 is 5.11 Å². The van der Waals surface area contributed by atoms with Gasteiger partial charge in [0.1, 0.15) is 0 Å². The second kappa shape index (κ2) is 5.43. The molecule has 0 aromatic heterocycles. The Morgan fingerprint density at radius 1 is 1.31 bits per heavy atom. The van der Waals surface area contributed by atoms with Crippen molar-refractivity contribution in [3.63, 3.8) is 0 Å². The lowest BCUT2D eigenvalue weighted by Crippen LogP contribution is -2.42. The summed E-state index contributed by atoms with van der Waals surface area (Å²) in [4.78, 5) is 2.33. The zero-order chi connectivity index (χ0) is 11.4. The number of hydrogen-bond donors (Lipinski definition) is 2. The third-order valence-electron chi connectivity index (χ3n) is 3.19. The van der Waals surface area contributed by atoms with E-state index in [0.29, 0.717) is 0 Å². The molecule has 1 saturated heterocycles. The summed E-state index contributed by atoms with van der Waals surface area (Å²) >= 11 is 0. The van der Waals surface area contributed by atoms with E-state index < -0.39 is 0 Å². The fourth-order valence-electron chi connectivity index (χ4n) is 2.23. The van der Waals surface area contributed by atoms with Crippen LogP contribution in [0.2, 0.25) is 0 Å². The molecule has 1 heterocycles. The Kier molecular flexibility index (Phi) is 3.93. The number of rotatable bonds is 2. The first-order valence-corrected chi connectivity index (χ1v) is 5.95. The molecule has 0 spiro atoms. The first kappa shape index (κ1) is 11.6. The average Bonchev–Trinajstić information content (AvgIpc) is 2.43. The van der Waals surface area contributed by atoms with Crippen LogP contribution in [-0.2, 0) is 6.54 Å². The fraction of sp³-hybridized carbons (Fsp3) is 0.538. The van der Waals surface area contributed by atoms with Crippen molar-refractivity contribution in [2.24, 2.45) is 5.73 Å². The average molecular weight is 220 g/mol. The van der Waals surface area contributed by atoms with E-state index in [1.165, 1.54) is 5.56 Å². The molecule has 2 rings (SSSR count). The van der Waals surface area contributed by atoms with Crippen LogP contribution in [-0.4, -0.2) is 35.2 Å². The molecule has 1 fully saturated rings. The minimum Gasteiger partial charge on any atom is -0.391 e. The van der Waals surface area contributed by atoms with Gasteiger partial charge in [-0.05, 0) is 24.9 Å². The first-order chi connectivity index (χ1) is 7.75. The topological polar surface area (TPSA) is 49.5 Å². The molecule has 1 aliphatic heterocycles. The van der Waals surface area contributed by atoms with Crippen LogP contribution >= 0.6 is 0 Å². The molecular formula is C13H20N2O. The normalized spacial score (nSPS) is 27.6.